The molecule has 3 rings (SSSR count). The van der Waals surface area contributed by atoms with E-state index in [1.54, 1.807) is 36.6 Å². The van der Waals surface area contributed by atoms with E-state index in [2.05, 4.69) is 14.9 Å². The standard InChI is InChI=1S/C20H23FN4O4S/c1-5-25-19(22-23-20(25)29-16-9-7-15(21)8-10-16)14(3)24-30(26,27)18-12-13(2)6-11-17(18)28-4/h6-12,14,24H,5H2,1-4H3/t14-/m1/s1. The number of sulfonamides is 1. The molecule has 8 nitrogen and oxygen atoms in total. The molecule has 0 bridgehead atoms. The van der Waals surface area contributed by atoms with Gasteiger partial charge in [-0.1, -0.05) is 11.2 Å². The molecule has 2 aromatic carbocycles. The molecule has 0 radical (unpaired) electrons. The van der Waals surface area contributed by atoms with Crippen molar-refractivity contribution in [1.82, 2.24) is 19.5 Å². The number of ether oxygens (including phenoxy) is 2. The van der Waals surface area contributed by atoms with Crippen LogP contribution < -0.4 is 14.2 Å². The molecule has 0 amide bonds. The van der Waals surface area contributed by atoms with Crippen LogP contribution in [0, 0.1) is 12.7 Å². The fraction of sp³-hybridized carbons (Fsp3) is 0.300. The second-order valence-electron chi connectivity index (χ2n) is 6.64. The number of nitrogens with zero attached hydrogens (tertiary/aromatic N) is 3. The highest BCUT2D eigenvalue weighted by molar-refractivity contribution is 7.89. The molecule has 0 aliphatic carbocycles. The average molecular weight is 434 g/mol. The van der Waals surface area contributed by atoms with Crippen LogP contribution in [0.5, 0.6) is 17.5 Å². The second kappa shape index (κ2) is 8.80. The normalized spacial score (nSPS) is 12.6. The Labute approximate surface area is 174 Å². The Kier molecular flexibility index (Phi) is 6.37. The van der Waals surface area contributed by atoms with E-state index in [1.165, 1.54) is 31.4 Å². The lowest BCUT2D eigenvalue weighted by atomic mass is 10.2. The molecule has 1 N–H and O–H groups in total. The average Bonchev–Trinajstić information content (AvgIpc) is 3.12. The van der Waals surface area contributed by atoms with Gasteiger partial charge >= 0.3 is 6.01 Å². The topological polar surface area (TPSA) is 95.3 Å². The second-order valence-corrected chi connectivity index (χ2v) is 8.32. The maximum atomic E-state index is 13.1. The van der Waals surface area contributed by atoms with Crippen molar-refractivity contribution in [3.05, 3.63) is 59.7 Å². The van der Waals surface area contributed by atoms with Gasteiger partial charge in [0.1, 0.15) is 22.2 Å². The summed E-state index contributed by atoms with van der Waals surface area (Å²) in [4.78, 5) is 0.0437. The van der Waals surface area contributed by atoms with E-state index in [9.17, 15) is 12.8 Å². The first-order chi connectivity index (χ1) is 14.2. The fourth-order valence-electron chi connectivity index (χ4n) is 2.94. The summed E-state index contributed by atoms with van der Waals surface area (Å²) < 4.78 is 54.2. The minimum atomic E-state index is -3.89. The van der Waals surface area contributed by atoms with Crippen LogP contribution in [-0.4, -0.2) is 30.3 Å². The molecule has 0 saturated heterocycles. The number of methoxy groups -OCH3 is 1. The summed E-state index contributed by atoms with van der Waals surface area (Å²) >= 11 is 0. The van der Waals surface area contributed by atoms with Crippen molar-refractivity contribution in [3.63, 3.8) is 0 Å². The molecular formula is C20H23FN4O4S. The fourth-order valence-corrected chi connectivity index (χ4v) is 4.40. The maximum absolute atomic E-state index is 13.1. The van der Waals surface area contributed by atoms with Gasteiger partial charge in [-0.05, 0) is 62.7 Å². The number of benzene rings is 2. The molecule has 1 atom stereocenters. The SMILES string of the molecule is CCn1c(Oc2ccc(F)cc2)nnc1[C@@H](C)NS(=O)(=O)c1cc(C)ccc1OC. The van der Waals surface area contributed by atoms with E-state index in [1.807, 2.05) is 6.92 Å². The first-order valence-corrected chi connectivity index (χ1v) is 10.8. The monoisotopic (exact) mass is 434 g/mol. The van der Waals surface area contributed by atoms with Crippen LogP contribution in [0.15, 0.2) is 47.4 Å². The highest BCUT2D eigenvalue weighted by atomic mass is 32.2. The van der Waals surface area contributed by atoms with Crippen LogP contribution in [0.1, 0.15) is 31.3 Å². The van der Waals surface area contributed by atoms with Gasteiger partial charge in [-0.3, -0.25) is 4.57 Å². The largest absolute Gasteiger partial charge is 0.495 e. The lowest BCUT2D eigenvalue weighted by Gasteiger charge is -2.17. The van der Waals surface area contributed by atoms with E-state index < -0.39 is 16.1 Å². The maximum Gasteiger partial charge on any atom is 0.322 e. The van der Waals surface area contributed by atoms with Crippen molar-refractivity contribution in [2.45, 2.75) is 38.3 Å². The minimum absolute atomic E-state index is 0.0437. The van der Waals surface area contributed by atoms with Crippen molar-refractivity contribution >= 4 is 10.0 Å². The molecule has 1 heterocycles. The smallest absolute Gasteiger partial charge is 0.322 e. The van der Waals surface area contributed by atoms with Gasteiger partial charge in [-0.15, -0.1) is 5.10 Å². The van der Waals surface area contributed by atoms with E-state index in [4.69, 9.17) is 9.47 Å². The number of aryl methyl sites for hydroxylation is 1. The third-order valence-corrected chi connectivity index (χ3v) is 5.97. The van der Waals surface area contributed by atoms with Gasteiger partial charge in [0.15, 0.2) is 5.82 Å². The number of aromatic nitrogens is 3. The van der Waals surface area contributed by atoms with E-state index >= 15 is 0 Å². The van der Waals surface area contributed by atoms with Gasteiger partial charge in [0, 0.05) is 6.54 Å². The summed E-state index contributed by atoms with van der Waals surface area (Å²) in [5.74, 6) is 0.639. The highest BCUT2D eigenvalue weighted by Crippen LogP contribution is 2.27. The number of rotatable bonds is 8. The van der Waals surface area contributed by atoms with Crippen LogP contribution in [0.3, 0.4) is 0 Å². The summed E-state index contributed by atoms with van der Waals surface area (Å²) in [5.41, 5.74) is 0.788. The van der Waals surface area contributed by atoms with Crippen LogP contribution in [0.2, 0.25) is 0 Å². The Bertz CT molecular complexity index is 1130. The third kappa shape index (κ3) is 4.60. The van der Waals surface area contributed by atoms with Gasteiger partial charge < -0.3 is 9.47 Å². The third-order valence-electron chi connectivity index (χ3n) is 4.41. The molecule has 1 aromatic heterocycles. The molecular weight excluding hydrogens is 411 g/mol. The van der Waals surface area contributed by atoms with Crippen LogP contribution in [0.4, 0.5) is 4.39 Å². The highest BCUT2D eigenvalue weighted by Gasteiger charge is 2.26. The van der Waals surface area contributed by atoms with Crippen molar-refractivity contribution in [2.75, 3.05) is 7.11 Å². The van der Waals surface area contributed by atoms with Gasteiger partial charge in [-0.2, -0.15) is 0 Å². The zero-order valence-corrected chi connectivity index (χ0v) is 17.9. The van der Waals surface area contributed by atoms with Crippen molar-refractivity contribution in [3.8, 4) is 17.5 Å². The molecule has 30 heavy (non-hydrogen) atoms. The summed E-state index contributed by atoms with van der Waals surface area (Å²) in [6.07, 6.45) is 0. The molecule has 0 fully saturated rings. The van der Waals surface area contributed by atoms with Gasteiger partial charge in [0.25, 0.3) is 0 Å². The van der Waals surface area contributed by atoms with Crippen molar-refractivity contribution < 1.29 is 22.3 Å². The number of halogens is 1. The number of hydrogen-bond donors (Lipinski definition) is 1. The molecule has 10 heteroatoms. The van der Waals surface area contributed by atoms with Crippen LogP contribution in [0.25, 0.3) is 0 Å². The summed E-state index contributed by atoms with van der Waals surface area (Å²) in [5, 5.41) is 8.11. The van der Waals surface area contributed by atoms with Crippen molar-refractivity contribution in [1.29, 1.82) is 0 Å². The minimum Gasteiger partial charge on any atom is -0.495 e. The predicted octanol–water partition coefficient (Wildman–Crippen LogP) is 3.59. The Morgan fingerprint density at radius 1 is 1.17 bits per heavy atom. The molecule has 0 aliphatic rings. The Morgan fingerprint density at radius 2 is 1.87 bits per heavy atom. The number of hydrogen-bond acceptors (Lipinski definition) is 6. The zero-order valence-electron chi connectivity index (χ0n) is 17.1. The van der Waals surface area contributed by atoms with E-state index in [-0.39, 0.29) is 22.5 Å². The number of nitrogens with one attached hydrogen (secondary N) is 1. The van der Waals surface area contributed by atoms with E-state index in [0.717, 1.165) is 5.56 Å². The molecule has 160 valence electrons. The first-order valence-electron chi connectivity index (χ1n) is 9.28. The van der Waals surface area contributed by atoms with Gasteiger partial charge in [0.2, 0.25) is 10.0 Å². The zero-order chi connectivity index (χ0) is 21.9. The molecule has 3 aromatic rings. The molecule has 0 saturated carbocycles. The van der Waals surface area contributed by atoms with Gasteiger partial charge in [-0.25, -0.2) is 17.5 Å². The predicted molar refractivity (Wildman–Crippen MR) is 109 cm³/mol. The summed E-state index contributed by atoms with van der Waals surface area (Å²) in [7, 11) is -2.47. The van der Waals surface area contributed by atoms with Crippen LogP contribution >= 0.6 is 0 Å². The first kappa shape index (κ1) is 21.7. The molecule has 0 unspecified atom stereocenters. The summed E-state index contributed by atoms with van der Waals surface area (Å²) in [6, 6.07) is 9.90. The lowest BCUT2D eigenvalue weighted by Crippen LogP contribution is -2.29. The Morgan fingerprint density at radius 3 is 2.50 bits per heavy atom. The lowest BCUT2D eigenvalue weighted by molar-refractivity contribution is 0.401. The van der Waals surface area contributed by atoms with Crippen LogP contribution in [-0.2, 0) is 16.6 Å². The van der Waals surface area contributed by atoms with E-state index in [0.29, 0.717) is 18.1 Å². The quantitative estimate of drug-likeness (QED) is 0.582. The van der Waals surface area contributed by atoms with Crippen molar-refractivity contribution in [2.24, 2.45) is 0 Å². The summed E-state index contributed by atoms with van der Waals surface area (Å²) in [6.45, 7) is 5.76. The van der Waals surface area contributed by atoms with Gasteiger partial charge in [0.05, 0.1) is 13.2 Å². The molecule has 0 spiro atoms. The Hall–Kier alpha value is -2.98. The Balaban J connectivity index is 1.86. The molecule has 0 aliphatic heterocycles.